The van der Waals surface area contributed by atoms with E-state index in [0.717, 1.165) is 6.07 Å². The van der Waals surface area contributed by atoms with Gasteiger partial charge in [0.25, 0.3) is 11.8 Å². The summed E-state index contributed by atoms with van der Waals surface area (Å²) >= 11 is 5.62. The van der Waals surface area contributed by atoms with E-state index in [1.807, 2.05) is 13.8 Å². The standard InChI is InChI=1S/C20H21ClFN3O4/c1-11(2)17-13(6-23-29-17)18(27)25-20-8-19(9-20,10-20)24-16(26)7-28-12-3-4-14(21)15(22)5-12/h3-6,11H,7-10H2,1-2H3,(H,24,26)(H,25,27). The molecule has 0 aliphatic heterocycles. The highest BCUT2D eigenvalue weighted by Crippen LogP contribution is 2.60. The Hall–Kier alpha value is -2.61. The molecule has 1 aromatic heterocycles. The molecule has 2 N–H and O–H groups in total. The highest BCUT2D eigenvalue weighted by Gasteiger charge is 2.69. The average molecular weight is 422 g/mol. The molecule has 7 nitrogen and oxygen atoms in total. The molecule has 3 fully saturated rings. The van der Waals surface area contributed by atoms with Gasteiger partial charge in [-0.05, 0) is 31.4 Å². The summed E-state index contributed by atoms with van der Waals surface area (Å²) in [5.41, 5.74) is -0.156. The Balaban J connectivity index is 1.25. The van der Waals surface area contributed by atoms with Crippen molar-refractivity contribution in [3.63, 3.8) is 0 Å². The van der Waals surface area contributed by atoms with Crippen LogP contribution in [-0.4, -0.2) is 34.7 Å². The van der Waals surface area contributed by atoms with E-state index in [-0.39, 0.29) is 46.2 Å². The Bertz CT molecular complexity index is 955. The maximum absolute atomic E-state index is 13.4. The van der Waals surface area contributed by atoms with E-state index in [1.54, 1.807) is 0 Å². The lowest BCUT2D eigenvalue weighted by molar-refractivity contribution is -0.141. The minimum Gasteiger partial charge on any atom is -0.484 e. The Labute approximate surface area is 171 Å². The fourth-order valence-electron chi connectivity index (χ4n) is 4.24. The van der Waals surface area contributed by atoms with Crippen LogP contribution in [0.5, 0.6) is 5.75 Å². The number of carbonyl (C=O) groups is 2. The molecule has 2 amide bonds. The quantitative estimate of drug-likeness (QED) is 0.716. The molecule has 9 heteroatoms. The first-order valence-electron chi connectivity index (χ1n) is 9.37. The van der Waals surface area contributed by atoms with E-state index in [1.165, 1.54) is 18.3 Å². The number of hydrogen-bond donors (Lipinski definition) is 2. The fourth-order valence-corrected chi connectivity index (χ4v) is 4.36. The predicted octanol–water partition coefficient (Wildman–Crippen LogP) is 3.19. The second-order valence-electron chi connectivity index (χ2n) is 8.22. The van der Waals surface area contributed by atoms with Crippen LogP contribution in [0.25, 0.3) is 0 Å². The van der Waals surface area contributed by atoms with Crippen LogP contribution in [-0.2, 0) is 4.79 Å². The summed E-state index contributed by atoms with van der Waals surface area (Å²) in [7, 11) is 0. The van der Waals surface area contributed by atoms with Gasteiger partial charge < -0.3 is 19.9 Å². The molecular weight excluding hydrogens is 401 g/mol. The maximum atomic E-state index is 13.4. The molecule has 1 aromatic carbocycles. The Morgan fingerprint density at radius 2 is 1.97 bits per heavy atom. The van der Waals surface area contributed by atoms with Gasteiger partial charge >= 0.3 is 0 Å². The van der Waals surface area contributed by atoms with E-state index in [4.69, 9.17) is 20.9 Å². The molecule has 154 valence electrons. The van der Waals surface area contributed by atoms with Crippen molar-refractivity contribution in [2.45, 2.75) is 50.1 Å². The van der Waals surface area contributed by atoms with Crippen molar-refractivity contribution in [2.75, 3.05) is 6.61 Å². The summed E-state index contributed by atoms with van der Waals surface area (Å²) < 4.78 is 23.9. The molecule has 29 heavy (non-hydrogen) atoms. The van der Waals surface area contributed by atoms with Crippen molar-refractivity contribution in [1.82, 2.24) is 15.8 Å². The zero-order valence-corrected chi connectivity index (χ0v) is 16.8. The van der Waals surface area contributed by atoms with Crippen LogP contribution in [0.2, 0.25) is 5.02 Å². The van der Waals surface area contributed by atoms with Gasteiger partial charge in [0.05, 0.1) is 11.2 Å². The Morgan fingerprint density at radius 1 is 1.28 bits per heavy atom. The van der Waals surface area contributed by atoms with E-state index >= 15 is 0 Å². The molecule has 3 aliphatic rings. The number of hydrogen-bond acceptors (Lipinski definition) is 5. The number of nitrogens with zero attached hydrogens (tertiary/aromatic N) is 1. The summed E-state index contributed by atoms with van der Waals surface area (Å²) in [4.78, 5) is 24.7. The molecule has 3 saturated carbocycles. The van der Waals surface area contributed by atoms with Gasteiger partial charge in [-0.25, -0.2) is 4.39 Å². The third kappa shape index (κ3) is 3.69. The van der Waals surface area contributed by atoms with E-state index < -0.39 is 5.82 Å². The number of ether oxygens (including phenoxy) is 1. The summed E-state index contributed by atoms with van der Waals surface area (Å²) in [5, 5.41) is 9.72. The predicted molar refractivity (Wildman–Crippen MR) is 102 cm³/mol. The van der Waals surface area contributed by atoms with Crippen molar-refractivity contribution in [3.05, 3.63) is 46.6 Å². The van der Waals surface area contributed by atoms with Gasteiger partial charge in [-0.15, -0.1) is 0 Å². The number of halogens is 2. The molecule has 5 rings (SSSR count). The lowest BCUT2D eigenvalue weighted by Crippen LogP contribution is -2.84. The third-order valence-corrected chi connectivity index (χ3v) is 5.75. The van der Waals surface area contributed by atoms with Gasteiger partial charge in [0, 0.05) is 23.1 Å². The molecule has 0 radical (unpaired) electrons. The van der Waals surface area contributed by atoms with Crippen molar-refractivity contribution >= 4 is 23.4 Å². The zero-order chi connectivity index (χ0) is 20.8. The molecule has 3 aliphatic carbocycles. The molecule has 0 atom stereocenters. The first-order chi connectivity index (χ1) is 13.7. The molecular formula is C20H21ClFN3O4. The van der Waals surface area contributed by atoms with Crippen molar-refractivity contribution in [3.8, 4) is 5.75 Å². The third-order valence-electron chi connectivity index (χ3n) is 5.44. The van der Waals surface area contributed by atoms with Gasteiger partial charge in [0.1, 0.15) is 17.1 Å². The SMILES string of the molecule is CC(C)c1oncc1C(=O)NC12CC(NC(=O)COc3ccc(Cl)c(F)c3)(C1)C2. The van der Waals surface area contributed by atoms with Crippen LogP contribution in [0.1, 0.15) is 55.1 Å². The fraction of sp³-hybridized carbons (Fsp3) is 0.450. The van der Waals surface area contributed by atoms with Crippen molar-refractivity contribution < 1.29 is 23.2 Å². The smallest absolute Gasteiger partial charge is 0.258 e. The average Bonchev–Trinajstić information content (AvgIpc) is 3.10. The number of amides is 2. The zero-order valence-electron chi connectivity index (χ0n) is 16.1. The molecule has 1 heterocycles. The normalized spacial score (nSPS) is 24.4. The first-order valence-corrected chi connectivity index (χ1v) is 9.75. The largest absolute Gasteiger partial charge is 0.484 e. The maximum Gasteiger partial charge on any atom is 0.258 e. The van der Waals surface area contributed by atoms with Crippen molar-refractivity contribution in [2.24, 2.45) is 0 Å². The van der Waals surface area contributed by atoms with E-state index in [0.29, 0.717) is 30.6 Å². The van der Waals surface area contributed by atoms with Crippen LogP contribution >= 0.6 is 11.6 Å². The van der Waals surface area contributed by atoms with Gasteiger partial charge in [0.15, 0.2) is 12.4 Å². The Morgan fingerprint density at radius 3 is 2.62 bits per heavy atom. The highest BCUT2D eigenvalue weighted by atomic mass is 35.5. The monoisotopic (exact) mass is 421 g/mol. The topological polar surface area (TPSA) is 93.5 Å². The summed E-state index contributed by atoms with van der Waals surface area (Å²) in [6.07, 6.45) is 3.42. The second kappa shape index (κ2) is 7.02. The summed E-state index contributed by atoms with van der Waals surface area (Å²) in [6.45, 7) is 3.65. The minimum absolute atomic E-state index is 0.00488. The number of benzene rings is 1. The summed E-state index contributed by atoms with van der Waals surface area (Å²) in [6, 6.07) is 4.01. The lowest BCUT2D eigenvalue weighted by atomic mass is 9.44. The highest BCUT2D eigenvalue weighted by molar-refractivity contribution is 6.30. The van der Waals surface area contributed by atoms with Crippen molar-refractivity contribution in [1.29, 1.82) is 0 Å². The molecule has 0 saturated heterocycles. The molecule has 2 bridgehead atoms. The first kappa shape index (κ1) is 19.7. The van der Waals surface area contributed by atoms with Gasteiger partial charge in [-0.2, -0.15) is 0 Å². The van der Waals surface area contributed by atoms with Gasteiger partial charge in [-0.1, -0.05) is 30.6 Å². The lowest BCUT2D eigenvalue weighted by Gasteiger charge is -2.70. The molecule has 2 aromatic rings. The van der Waals surface area contributed by atoms with Crippen LogP contribution in [0.4, 0.5) is 4.39 Å². The van der Waals surface area contributed by atoms with Gasteiger partial charge in [0.2, 0.25) is 0 Å². The number of nitrogens with one attached hydrogen (secondary N) is 2. The van der Waals surface area contributed by atoms with Crippen LogP contribution in [0.15, 0.2) is 28.9 Å². The second-order valence-corrected chi connectivity index (χ2v) is 8.62. The molecule has 0 unspecified atom stereocenters. The number of rotatable bonds is 7. The van der Waals surface area contributed by atoms with Gasteiger partial charge in [-0.3, -0.25) is 9.59 Å². The van der Waals surface area contributed by atoms with Crippen LogP contribution in [0, 0.1) is 5.82 Å². The molecule has 0 spiro atoms. The Kier molecular flexibility index (Phi) is 4.77. The number of aromatic nitrogens is 1. The minimum atomic E-state index is -0.602. The van der Waals surface area contributed by atoms with Crippen LogP contribution in [0.3, 0.4) is 0 Å². The van der Waals surface area contributed by atoms with E-state index in [2.05, 4.69) is 15.8 Å². The van der Waals surface area contributed by atoms with Crippen LogP contribution < -0.4 is 15.4 Å². The summed E-state index contributed by atoms with van der Waals surface area (Å²) in [5.74, 6) is -0.240. The number of carbonyl (C=O) groups excluding carboxylic acids is 2. The van der Waals surface area contributed by atoms with E-state index in [9.17, 15) is 14.0 Å².